The third kappa shape index (κ3) is 2.76. The van der Waals surface area contributed by atoms with Crippen molar-refractivity contribution in [3.05, 3.63) is 41.3 Å². The van der Waals surface area contributed by atoms with E-state index in [4.69, 9.17) is 0 Å². The van der Waals surface area contributed by atoms with Crippen molar-refractivity contribution in [1.29, 1.82) is 0 Å². The first kappa shape index (κ1) is 13.5. The topological polar surface area (TPSA) is 74.8 Å². The minimum atomic E-state index is -3.83. The zero-order valence-corrected chi connectivity index (χ0v) is 11.4. The molecular formula is C12H14FN3O2S. The summed E-state index contributed by atoms with van der Waals surface area (Å²) in [5, 5.41) is 6.67. The van der Waals surface area contributed by atoms with E-state index in [1.165, 1.54) is 18.2 Å². The number of benzene rings is 1. The Morgan fingerprint density at radius 2 is 2.16 bits per heavy atom. The van der Waals surface area contributed by atoms with Crippen LogP contribution in [0.15, 0.2) is 29.2 Å². The molecule has 0 amide bonds. The van der Waals surface area contributed by atoms with Gasteiger partial charge in [0, 0.05) is 11.3 Å². The third-order valence-corrected chi connectivity index (χ3v) is 4.14. The summed E-state index contributed by atoms with van der Waals surface area (Å²) in [5.74, 6) is -0.364. The van der Waals surface area contributed by atoms with Crippen molar-refractivity contribution in [1.82, 2.24) is 10.2 Å². The van der Waals surface area contributed by atoms with Crippen LogP contribution in [0.1, 0.15) is 18.2 Å². The normalized spacial score (nSPS) is 11.5. The maximum Gasteiger partial charge on any atom is 0.263 e. The van der Waals surface area contributed by atoms with Crippen molar-refractivity contribution >= 4 is 15.8 Å². The lowest BCUT2D eigenvalue weighted by molar-refractivity contribution is 0.595. The predicted octanol–water partition coefficient (Wildman–Crippen LogP) is 2.22. The fourth-order valence-corrected chi connectivity index (χ4v) is 2.79. The Labute approximate surface area is 110 Å². The number of hydrogen-bond acceptors (Lipinski definition) is 3. The molecular weight excluding hydrogens is 269 g/mol. The van der Waals surface area contributed by atoms with Gasteiger partial charge in [-0.1, -0.05) is 13.0 Å². The highest BCUT2D eigenvalue weighted by Gasteiger charge is 2.18. The van der Waals surface area contributed by atoms with Gasteiger partial charge in [0.15, 0.2) is 5.82 Å². The summed E-state index contributed by atoms with van der Waals surface area (Å²) in [7, 11) is -3.83. The number of aromatic nitrogens is 2. The molecule has 1 aromatic carbocycles. The van der Waals surface area contributed by atoms with Gasteiger partial charge in [-0.05, 0) is 31.5 Å². The molecule has 0 spiro atoms. The van der Waals surface area contributed by atoms with E-state index in [2.05, 4.69) is 14.9 Å². The molecule has 0 bridgehead atoms. The summed E-state index contributed by atoms with van der Waals surface area (Å²) in [4.78, 5) is -0.132. The second kappa shape index (κ2) is 5.00. The molecule has 0 aliphatic heterocycles. The molecule has 0 aliphatic carbocycles. The van der Waals surface area contributed by atoms with Gasteiger partial charge in [0.05, 0.1) is 4.90 Å². The van der Waals surface area contributed by atoms with Crippen LogP contribution in [0.2, 0.25) is 0 Å². The number of H-pyrrole nitrogens is 1. The van der Waals surface area contributed by atoms with E-state index in [-0.39, 0.29) is 10.7 Å². The maximum absolute atomic E-state index is 13.1. The lowest BCUT2D eigenvalue weighted by Crippen LogP contribution is -2.14. The van der Waals surface area contributed by atoms with Crippen LogP contribution in [0.3, 0.4) is 0 Å². The second-order valence-electron chi connectivity index (χ2n) is 4.09. The van der Waals surface area contributed by atoms with E-state index in [1.54, 1.807) is 6.92 Å². The first-order valence-corrected chi connectivity index (χ1v) is 7.24. The Kier molecular flexibility index (Phi) is 3.57. The van der Waals surface area contributed by atoms with Crippen LogP contribution >= 0.6 is 0 Å². The lowest BCUT2D eigenvalue weighted by Gasteiger charge is -2.06. The molecule has 0 radical (unpaired) electrons. The van der Waals surface area contributed by atoms with Crippen LogP contribution in [-0.4, -0.2) is 18.6 Å². The van der Waals surface area contributed by atoms with Gasteiger partial charge in [0.1, 0.15) is 5.82 Å². The summed E-state index contributed by atoms with van der Waals surface area (Å²) >= 11 is 0. The molecule has 19 heavy (non-hydrogen) atoms. The summed E-state index contributed by atoms with van der Waals surface area (Å²) in [6.07, 6.45) is 0.723. The number of hydrogen-bond donors (Lipinski definition) is 2. The maximum atomic E-state index is 13.1. The van der Waals surface area contributed by atoms with E-state index in [1.807, 2.05) is 6.92 Å². The van der Waals surface area contributed by atoms with Gasteiger partial charge in [0.25, 0.3) is 10.0 Å². The molecule has 2 N–H and O–H groups in total. The number of aromatic amines is 1. The Morgan fingerprint density at radius 3 is 2.74 bits per heavy atom. The summed E-state index contributed by atoms with van der Waals surface area (Å²) in [6, 6.07) is 4.83. The van der Waals surface area contributed by atoms with Crippen molar-refractivity contribution in [2.75, 3.05) is 4.72 Å². The standard InChI is InChI=1S/C12H14FN3O2S/c1-3-11-8(2)12(15-14-11)16-19(17,18)10-6-4-5-9(13)7-10/h4-7H,3H2,1-2H3,(H2,14,15,16). The van der Waals surface area contributed by atoms with E-state index in [9.17, 15) is 12.8 Å². The third-order valence-electron chi connectivity index (χ3n) is 2.80. The molecule has 0 saturated carbocycles. The number of sulfonamides is 1. The number of aryl methyl sites for hydroxylation is 1. The van der Waals surface area contributed by atoms with Crippen LogP contribution in [0.4, 0.5) is 10.2 Å². The molecule has 2 aromatic rings. The molecule has 102 valence electrons. The average molecular weight is 283 g/mol. The van der Waals surface area contributed by atoms with Crippen LogP contribution in [-0.2, 0) is 16.4 Å². The Hall–Kier alpha value is -1.89. The van der Waals surface area contributed by atoms with Crippen LogP contribution in [0.25, 0.3) is 0 Å². The molecule has 7 heteroatoms. The zero-order chi connectivity index (χ0) is 14.0. The zero-order valence-electron chi connectivity index (χ0n) is 10.6. The quantitative estimate of drug-likeness (QED) is 0.903. The minimum absolute atomic E-state index is 0.132. The molecule has 0 atom stereocenters. The van der Waals surface area contributed by atoms with Crippen molar-refractivity contribution in [2.24, 2.45) is 0 Å². The van der Waals surface area contributed by atoms with E-state index < -0.39 is 15.8 Å². The van der Waals surface area contributed by atoms with Gasteiger partial charge in [-0.2, -0.15) is 5.10 Å². The summed E-state index contributed by atoms with van der Waals surface area (Å²) < 4.78 is 39.6. The number of rotatable bonds is 4. The molecule has 0 unspecified atom stereocenters. The highest BCUT2D eigenvalue weighted by Crippen LogP contribution is 2.20. The molecule has 2 rings (SSSR count). The average Bonchev–Trinajstić information content (AvgIpc) is 2.70. The van der Waals surface area contributed by atoms with Crippen molar-refractivity contribution in [2.45, 2.75) is 25.2 Å². The Morgan fingerprint density at radius 1 is 1.42 bits per heavy atom. The van der Waals surface area contributed by atoms with Crippen LogP contribution in [0.5, 0.6) is 0 Å². The molecule has 0 aliphatic rings. The van der Waals surface area contributed by atoms with E-state index in [0.29, 0.717) is 0 Å². The van der Waals surface area contributed by atoms with E-state index in [0.717, 1.165) is 23.7 Å². The first-order chi connectivity index (χ1) is 8.94. The lowest BCUT2D eigenvalue weighted by atomic mass is 10.2. The Balaban J connectivity index is 2.34. The smallest absolute Gasteiger partial charge is 0.263 e. The number of nitrogens with zero attached hydrogens (tertiary/aromatic N) is 1. The number of halogens is 1. The van der Waals surface area contributed by atoms with Gasteiger partial charge in [-0.25, -0.2) is 12.8 Å². The van der Waals surface area contributed by atoms with Gasteiger partial charge in [0.2, 0.25) is 0 Å². The first-order valence-electron chi connectivity index (χ1n) is 5.76. The largest absolute Gasteiger partial charge is 0.280 e. The number of nitrogens with one attached hydrogen (secondary N) is 2. The highest BCUT2D eigenvalue weighted by molar-refractivity contribution is 7.92. The minimum Gasteiger partial charge on any atom is -0.280 e. The van der Waals surface area contributed by atoms with Gasteiger partial charge in [-0.15, -0.1) is 0 Å². The van der Waals surface area contributed by atoms with Gasteiger partial charge in [-0.3, -0.25) is 9.82 Å². The fraction of sp³-hybridized carbons (Fsp3) is 0.250. The van der Waals surface area contributed by atoms with E-state index >= 15 is 0 Å². The van der Waals surface area contributed by atoms with Crippen LogP contribution in [0, 0.1) is 12.7 Å². The van der Waals surface area contributed by atoms with Crippen molar-refractivity contribution in [3.8, 4) is 0 Å². The fourth-order valence-electron chi connectivity index (χ4n) is 1.70. The second-order valence-corrected chi connectivity index (χ2v) is 5.77. The summed E-state index contributed by atoms with van der Waals surface area (Å²) in [5.41, 5.74) is 1.60. The molecule has 1 aromatic heterocycles. The summed E-state index contributed by atoms with van der Waals surface area (Å²) in [6.45, 7) is 3.71. The highest BCUT2D eigenvalue weighted by atomic mass is 32.2. The van der Waals surface area contributed by atoms with Crippen molar-refractivity contribution in [3.63, 3.8) is 0 Å². The molecule has 0 fully saturated rings. The Bertz CT molecular complexity index is 695. The molecule has 5 nitrogen and oxygen atoms in total. The molecule has 1 heterocycles. The van der Waals surface area contributed by atoms with Gasteiger partial charge >= 0.3 is 0 Å². The SMILES string of the molecule is CCc1[nH]nc(NS(=O)(=O)c2cccc(F)c2)c1C. The van der Waals surface area contributed by atoms with Crippen molar-refractivity contribution < 1.29 is 12.8 Å². The van der Waals surface area contributed by atoms with Crippen LogP contribution < -0.4 is 4.72 Å². The number of anilines is 1. The monoisotopic (exact) mass is 283 g/mol. The predicted molar refractivity (Wildman–Crippen MR) is 69.9 cm³/mol. The van der Waals surface area contributed by atoms with Gasteiger partial charge < -0.3 is 0 Å². The molecule has 0 saturated heterocycles.